The van der Waals surface area contributed by atoms with Crippen LogP contribution in [0.2, 0.25) is 0 Å². The van der Waals surface area contributed by atoms with Crippen molar-refractivity contribution in [1.82, 2.24) is 10.6 Å². The lowest BCUT2D eigenvalue weighted by atomic mass is 9.78. The lowest BCUT2D eigenvalue weighted by Gasteiger charge is -2.36. The Balaban J connectivity index is 1.59. The lowest BCUT2D eigenvalue weighted by molar-refractivity contribution is -0.136. The van der Waals surface area contributed by atoms with Crippen LogP contribution in [0, 0.1) is 5.41 Å². The molecule has 2 N–H and O–H groups in total. The molecule has 0 bridgehead atoms. The summed E-state index contributed by atoms with van der Waals surface area (Å²) in [6.45, 7) is 4.11. The van der Waals surface area contributed by atoms with Gasteiger partial charge in [-0.05, 0) is 56.6 Å². The van der Waals surface area contributed by atoms with Gasteiger partial charge < -0.3 is 20.3 Å². The average Bonchev–Trinajstić information content (AvgIpc) is 3.05. The van der Waals surface area contributed by atoms with Gasteiger partial charge in [0, 0.05) is 36.4 Å². The maximum absolute atomic E-state index is 12.9. The molecule has 3 rings (SSSR count). The van der Waals surface area contributed by atoms with Crippen LogP contribution < -0.4 is 15.5 Å². The number of halogens is 1. The molecule has 0 spiro atoms. The highest BCUT2D eigenvalue weighted by Crippen LogP contribution is 2.30. The van der Waals surface area contributed by atoms with E-state index in [0.29, 0.717) is 6.61 Å². The van der Waals surface area contributed by atoms with Gasteiger partial charge in [0.05, 0.1) is 12.0 Å². The molecule has 5 nitrogen and oxygen atoms in total. The maximum atomic E-state index is 12.9. The van der Waals surface area contributed by atoms with Crippen molar-refractivity contribution < 1.29 is 9.53 Å². The number of anilines is 1. The predicted molar refractivity (Wildman–Crippen MR) is 99.3 cm³/mol. The van der Waals surface area contributed by atoms with E-state index in [9.17, 15) is 4.79 Å². The van der Waals surface area contributed by atoms with Crippen LogP contribution in [0.1, 0.15) is 19.3 Å². The molecule has 1 aromatic rings. The zero-order valence-corrected chi connectivity index (χ0v) is 15.8. The smallest absolute Gasteiger partial charge is 0.228 e. The molecule has 2 heterocycles. The lowest BCUT2D eigenvalue weighted by Crippen LogP contribution is -2.52. The standard InChI is InChI=1S/C18H26BrN3O2/c1-24-13-18(7-9-20-10-8-18)17(23)21-15-6-11-22(12-15)16-4-2-14(19)3-5-16/h2-5,15,20H,6-13H2,1H3,(H,21,23). The van der Waals surface area contributed by atoms with Gasteiger partial charge in [0.1, 0.15) is 0 Å². The first-order chi connectivity index (χ1) is 11.6. The Labute approximate surface area is 152 Å². The Morgan fingerprint density at radius 3 is 2.75 bits per heavy atom. The van der Waals surface area contributed by atoms with Crippen LogP contribution in [-0.4, -0.2) is 51.8 Å². The number of hydrogen-bond acceptors (Lipinski definition) is 4. The minimum Gasteiger partial charge on any atom is -0.384 e. The number of piperidine rings is 1. The highest BCUT2D eigenvalue weighted by Gasteiger charge is 2.41. The van der Waals surface area contributed by atoms with Crippen LogP contribution in [0.3, 0.4) is 0 Å². The molecule has 2 saturated heterocycles. The van der Waals surface area contributed by atoms with Gasteiger partial charge in [-0.25, -0.2) is 0 Å². The van der Waals surface area contributed by atoms with Crippen molar-refractivity contribution >= 4 is 27.5 Å². The number of carbonyl (C=O) groups excluding carboxylic acids is 1. The molecule has 0 aliphatic carbocycles. The van der Waals surface area contributed by atoms with Gasteiger partial charge in [0.15, 0.2) is 0 Å². The summed E-state index contributed by atoms with van der Waals surface area (Å²) in [4.78, 5) is 15.2. The van der Waals surface area contributed by atoms with Crippen molar-refractivity contribution in [3.8, 4) is 0 Å². The molecular formula is C18H26BrN3O2. The van der Waals surface area contributed by atoms with Crippen LogP contribution in [0.25, 0.3) is 0 Å². The Hall–Kier alpha value is -1.11. The summed E-state index contributed by atoms with van der Waals surface area (Å²) in [5, 5.41) is 6.62. The second-order valence-corrected chi connectivity index (χ2v) is 7.76. The molecule has 1 unspecified atom stereocenters. The normalized spacial score (nSPS) is 23.2. The van der Waals surface area contributed by atoms with Gasteiger partial charge in [-0.15, -0.1) is 0 Å². The SMILES string of the molecule is COCC1(C(=O)NC2CCN(c3ccc(Br)cc3)C2)CCNCC1. The number of amides is 1. The van der Waals surface area contributed by atoms with Crippen molar-refractivity contribution in [1.29, 1.82) is 0 Å². The molecule has 2 fully saturated rings. The maximum Gasteiger partial charge on any atom is 0.228 e. The van der Waals surface area contributed by atoms with Crippen LogP contribution in [-0.2, 0) is 9.53 Å². The topological polar surface area (TPSA) is 53.6 Å². The zero-order chi connectivity index (χ0) is 17.0. The minimum atomic E-state index is -0.370. The molecule has 6 heteroatoms. The molecule has 2 aliphatic heterocycles. The summed E-state index contributed by atoms with van der Waals surface area (Å²) < 4.78 is 6.45. The number of hydrogen-bond donors (Lipinski definition) is 2. The van der Waals surface area contributed by atoms with E-state index >= 15 is 0 Å². The predicted octanol–water partition coefficient (Wildman–Crippen LogP) is 2.16. The molecule has 0 radical (unpaired) electrons. The highest BCUT2D eigenvalue weighted by atomic mass is 79.9. The van der Waals surface area contributed by atoms with Crippen LogP contribution in [0.4, 0.5) is 5.69 Å². The first-order valence-electron chi connectivity index (χ1n) is 8.64. The van der Waals surface area contributed by atoms with Gasteiger partial charge in [0.25, 0.3) is 0 Å². The van der Waals surface area contributed by atoms with Gasteiger partial charge in [0.2, 0.25) is 5.91 Å². The van der Waals surface area contributed by atoms with E-state index in [1.54, 1.807) is 7.11 Å². The fourth-order valence-corrected chi connectivity index (χ4v) is 3.99. The van der Waals surface area contributed by atoms with Crippen molar-refractivity contribution in [2.24, 2.45) is 5.41 Å². The molecule has 1 atom stereocenters. The van der Waals surface area contributed by atoms with Crippen molar-refractivity contribution in [3.63, 3.8) is 0 Å². The summed E-state index contributed by atoms with van der Waals surface area (Å²) >= 11 is 3.47. The van der Waals surface area contributed by atoms with E-state index in [1.165, 1.54) is 5.69 Å². The third kappa shape index (κ3) is 3.92. The van der Waals surface area contributed by atoms with E-state index in [2.05, 4.69) is 55.7 Å². The second-order valence-electron chi connectivity index (χ2n) is 6.84. The monoisotopic (exact) mass is 395 g/mol. The molecule has 1 amide bonds. The number of carbonyl (C=O) groups is 1. The molecule has 2 aliphatic rings. The number of methoxy groups -OCH3 is 1. The third-order valence-electron chi connectivity index (χ3n) is 5.18. The van der Waals surface area contributed by atoms with Gasteiger partial charge in [-0.1, -0.05) is 15.9 Å². The van der Waals surface area contributed by atoms with Crippen LogP contribution in [0.15, 0.2) is 28.7 Å². The number of nitrogens with zero attached hydrogens (tertiary/aromatic N) is 1. The summed E-state index contributed by atoms with van der Waals surface area (Å²) in [7, 11) is 1.68. The van der Waals surface area contributed by atoms with E-state index in [-0.39, 0.29) is 17.4 Å². The second kappa shape index (κ2) is 7.85. The summed E-state index contributed by atoms with van der Waals surface area (Å²) in [6, 6.07) is 8.57. The fraction of sp³-hybridized carbons (Fsp3) is 0.611. The van der Waals surface area contributed by atoms with Gasteiger partial charge in [-0.2, -0.15) is 0 Å². The van der Waals surface area contributed by atoms with Crippen LogP contribution >= 0.6 is 15.9 Å². The Kier molecular flexibility index (Phi) is 5.79. The summed E-state index contributed by atoms with van der Waals surface area (Å²) in [6.07, 6.45) is 2.68. The molecule has 0 aromatic heterocycles. The molecule has 132 valence electrons. The number of ether oxygens (including phenoxy) is 1. The molecule has 24 heavy (non-hydrogen) atoms. The fourth-order valence-electron chi connectivity index (χ4n) is 3.72. The van der Waals surface area contributed by atoms with Crippen molar-refractivity contribution in [3.05, 3.63) is 28.7 Å². The highest BCUT2D eigenvalue weighted by molar-refractivity contribution is 9.10. The van der Waals surface area contributed by atoms with E-state index in [0.717, 1.165) is 49.9 Å². The van der Waals surface area contributed by atoms with Crippen LogP contribution in [0.5, 0.6) is 0 Å². The minimum absolute atomic E-state index is 0.161. The summed E-state index contributed by atoms with van der Waals surface area (Å²) in [5.74, 6) is 0.161. The van der Waals surface area contributed by atoms with Gasteiger partial charge in [-0.3, -0.25) is 4.79 Å². The first-order valence-corrected chi connectivity index (χ1v) is 9.43. The summed E-state index contributed by atoms with van der Waals surface area (Å²) in [5.41, 5.74) is 0.841. The van der Waals surface area contributed by atoms with E-state index in [4.69, 9.17) is 4.74 Å². The Bertz CT molecular complexity index is 552. The molecular weight excluding hydrogens is 370 g/mol. The quantitative estimate of drug-likeness (QED) is 0.801. The Morgan fingerprint density at radius 2 is 2.08 bits per heavy atom. The average molecular weight is 396 g/mol. The van der Waals surface area contributed by atoms with E-state index < -0.39 is 0 Å². The number of benzene rings is 1. The van der Waals surface area contributed by atoms with Crippen molar-refractivity contribution in [2.45, 2.75) is 25.3 Å². The zero-order valence-electron chi connectivity index (χ0n) is 14.2. The first kappa shape index (κ1) is 17.7. The molecule has 1 aromatic carbocycles. The number of nitrogens with one attached hydrogen (secondary N) is 2. The Morgan fingerprint density at radius 1 is 1.38 bits per heavy atom. The largest absolute Gasteiger partial charge is 0.384 e. The van der Waals surface area contributed by atoms with Gasteiger partial charge >= 0.3 is 0 Å². The van der Waals surface area contributed by atoms with E-state index in [1.807, 2.05) is 0 Å². The molecule has 0 saturated carbocycles. The third-order valence-corrected chi connectivity index (χ3v) is 5.71. The number of rotatable bonds is 5. The van der Waals surface area contributed by atoms with Crippen molar-refractivity contribution in [2.75, 3.05) is 44.8 Å².